The molecule has 0 aliphatic carbocycles. The molecule has 1 atom stereocenters. The monoisotopic (exact) mass is 180 g/mol. The number of nitrogens with two attached hydrogens (primary N) is 1. The lowest BCUT2D eigenvalue weighted by atomic mass is 10.3. The molecule has 0 aromatic carbocycles. The molecule has 1 rings (SSSR count). The highest BCUT2D eigenvalue weighted by Gasteiger charge is 2.04. The molecule has 1 unspecified atom stereocenters. The standard InChI is InChI=1S/C8H12N4O/c1-6(9)4-10-8(13)7-2-3-11-12-5-7/h2-3,5-6H,4,9H2,1H3,(H,10,13). The van der Waals surface area contributed by atoms with E-state index >= 15 is 0 Å². The maximum atomic E-state index is 11.3. The molecule has 1 aromatic heterocycles. The summed E-state index contributed by atoms with van der Waals surface area (Å²) in [7, 11) is 0. The predicted molar refractivity (Wildman–Crippen MR) is 48.0 cm³/mol. The molecule has 1 amide bonds. The number of carbonyl (C=O) groups excluding carboxylic acids is 1. The Balaban J connectivity index is 2.50. The van der Waals surface area contributed by atoms with Crippen LogP contribution in [0.15, 0.2) is 18.5 Å². The summed E-state index contributed by atoms with van der Waals surface area (Å²) in [5.41, 5.74) is 5.97. The van der Waals surface area contributed by atoms with Crippen molar-refractivity contribution >= 4 is 5.91 Å². The first-order valence-corrected chi connectivity index (χ1v) is 4.00. The summed E-state index contributed by atoms with van der Waals surface area (Å²) < 4.78 is 0. The van der Waals surface area contributed by atoms with Crippen molar-refractivity contribution in [1.29, 1.82) is 0 Å². The van der Waals surface area contributed by atoms with E-state index < -0.39 is 0 Å². The molecule has 0 aliphatic heterocycles. The first-order chi connectivity index (χ1) is 6.20. The van der Waals surface area contributed by atoms with Crippen molar-refractivity contribution in [1.82, 2.24) is 15.5 Å². The molecule has 0 saturated carbocycles. The zero-order valence-electron chi connectivity index (χ0n) is 7.40. The van der Waals surface area contributed by atoms with E-state index in [1.807, 2.05) is 6.92 Å². The molecule has 0 saturated heterocycles. The summed E-state index contributed by atoms with van der Waals surface area (Å²) in [5.74, 6) is -0.174. The van der Waals surface area contributed by atoms with Crippen molar-refractivity contribution in [2.75, 3.05) is 6.54 Å². The quantitative estimate of drug-likeness (QED) is 0.660. The topological polar surface area (TPSA) is 80.9 Å². The molecule has 0 radical (unpaired) electrons. The Labute approximate surface area is 76.4 Å². The van der Waals surface area contributed by atoms with Gasteiger partial charge in [0.25, 0.3) is 5.91 Å². The highest BCUT2D eigenvalue weighted by molar-refractivity contribution is 5.93. The third-order valence-electron chi connectivity index (χ3n) is 1.43. The Bertz CT molecular complexity index is 273. The van der Waals surface area contributed by atoms with Crippen molar-refractivity contribution in [3.05, 3.63) is 24.0 Å². The summed E-state index contributed by atoms with van der Waals surface area (Å²) in [5, 5.41) is 9.83. The van der Waals surface area contributed by atoms with Gasteiger partial charge in [-0.15, -0.1) is 0 Å². The zero-order valence-corrected chi connectivity index (χ0v) is 7.40. The van der Waals surface area contributed by atoms with Crippen molar-refractivity contribution in [2.24, 2.45) is 5.73 Å². The molecule has 1 aromatic rings. The molecule has 13 heavy (non-hydrogen) atoms. The van der Waals surface area contributed by atoms with Gasteiger partial charge in [-0.2, -0.15) is 10.2 Å². The lowest BCUT2D eigenvalue weighted by Crippen LogP contribution is -2.35. The molecule has 0 fully saturated rings. The minimum Gasteiger partial charge on any atom is -0.350 e. The van der Waals surface area contributed by atoms with Crippen molar-refractivity contribution in [3.63, 3.8) is 0 Å². The van der Waals surface area contributed by atoms with E-state index in [0.717, 1.165) is 0 Å². The number of nitrogens with one attached hydrogen (secondary N) is 1. The van der Waals surface area contributed by atoms with Crippen molar-refractivity contribution < 1.29 is 4.79 Å². The van der Waals surface area contributed by atoms with Crippen LogP contribution in [0, 0.1) is 0 Å². The Morgan fingerprint density at radius 1 is 1.69 bits per heavy atom. The average molecular weight is 180 g/mol. The van der Waals surface area contributed by atoms with Gasteiger partial charge in [0.2, 0.25) is 0 Å². The first-order valence-electron chi connectivity index (χ1n) is 4.00. The fraction of sp³-hybridized carbons (Fsp3) is 0.375. The number of amides is 1. The minimum absolute atomic E-state index is 0.0428. The maximum absolute atomic E-state index is 11.3. The van der Waals surface area contributed by atoms with E-state index in [1.165, 1.54) is 12.4 Å². The van der Waals surface area contributed by atoms with Gasteiger partial charge < -0.3 is 11.1 Å². The maximum Gasteiger partial charge on any atom is 0.253 e. The molecule has 5 nitrogen and oxygen atoms in total. The van der Waals surface area contributed by atoms with Crippen LogP contribution in [0.1, 0.15) is 17.3 Å². The van der Waals surface area contributed by atoms with Crippen LogP contribution in [-0.2, 0) is 0 Å². The highest BCUT2D eigenvalue weighted by atomic mass is 16.1. The second kappa shape index (κ2) is 4.51. The number of hydrogen-bond acceptors (Lipinski definition) is 4. The number of hydrogen-bond donors (Lipinski definition) is 2. The van der Waals surface area contributed by atoms with Crippen LogP contribution in [0.4, 0.5) is 0 Å². The van der Waals surface area contributed by atoms with E-state index in [0.29, 0.717) is 12.1 Å². The number of carbonyl (C=O) groups is 1. The van der Waals surface area contributed by atoms with Crippen LogP contribution in [-0.4, -0.2) is 28.7 Å². The van der Waals surface area contributed by atoms with Gasteiger partial charge in [-0.1, -0.05) is 0 Å². The minimum atomic E-state index is -0.174. The van der Waals surface area contributed by atoms with Gasteiger partial charge in [0.15, 0.2) is 0 Å². The molecule has 1 heterocycles. The Kier molecular flexibility index (Phi) is 3.33. The molecular weight excluding hydrogens is 168 g/mol. The third kappa shape index (κ3) is 3.16. The smallest absolute Gasteiger partial charge is 0.253 e. The van der Waals surface area contributed by atoms with Crippen molar-refractivity contribution in [3.8, 4) is 0 Å². The molecule has 0 spiro atoms. The van der Waals surface area contributed by atoms with E-state index in [9.17, 15) is 4.79 Å². The summed E-state index contributed by atoms with van der Waals surface area (Å²) in [6.45, 7) is 2.28. The Morgan fingerprint density at radius 2 is 2.46 bits per heavy atom. The van der Waals surface area contributed by atoms with Crippen LogP contribution >= 0.6 is 0 Å². The number of rotatable bonds is 3. The van der Waals surface area contributed by atoms with Gasteiger partial charge in [0.1, 0.15) is 0 Å². The van der Waals surface area contributed by atoms with Gasteiger partial charge in [0.05, 0.1) is 18.0 Å². The summed E-state index contributed by atoms with van der Waals surface area (Å²) in [6, 6.07) is 1.56. The molecular formula is C8H12N4O. The molecule has 3 N–H and O–H groups in total. The van der Waals surface area contributed by atoms with E-state index in [2.05, 4.69) is 15.5 Å². The predicted octanol–water partition coefficient (Wildman–Crippen LogP) is -0.446. The van der Waals surface area contributed by atoms with Crippen LogP contribution < -0.4 is 11.1 Å². The van der Waals surface area contributed by atoms with Gasteiger partial charge >= 0.3 is 0 Å². The second-order valence-electron chi connectivity index (χ2n) is 2.82. The second-order valence-corrected chi connectivity index (χ2v) is 2.82. The van der Waals surface area contributed by atoms with E-state index in [1.54, 1.807) is 6.07 Å². The third-order valence-corrected chi connectivity index (χ3v) is 1.43. The van der Waals surface area contributed by atoms with Gasteiger partial charge in [-0.25, -0.2) is 0 Å². The van der Waals surface area contributed by atoms with Crippen LogP contribution in [0.25, 0.3) is 0 Å². The first kappa shape index (κ1) is 9.60. The molecule has 5 heteroatoms. The summed E-state index contributed by atoms with van der Waals surface area (Å²) in [6.07, 6.45) is 2.89. The van der Waals surface area contributed by atoms with Crippen LogP contribution in [0.2, 0.25) is 0 Å². The van der Waals surface area contributed by atoms with Crippen LogP contribution in [0.3, 0.4) is 0 Å². The molecule has 0 aliphatic rings. The SMILES string of the molecule is CC(N)CNC(=O)c1ccnnc1. The van der Waals surface area contributed by atoms with E-state index in [4.69, 9.17) is 5.73 Å². The molecule has 70 valence electrons. The number of nitrogens with zero attached hydrogens (tertiary/aromatic N) is 2. The fourth-order valence-corrected chi connectivity index (χ4v) is 0.781. The fourth-order valence-electron chi connectivity index (χ4n) is 0.781. The van der Waals surface area contributed by atoms with Gasteiger partial charge in [-0.05, 0) is 13.0 Å². The van der Waals surface area contributed by atoms with Gasteiger partial charge in [-0.3, -0.25) is 4.79 Å². The molecule has 0 bridgehead atoms. The van der Waals surface area contributed by atoms with Gasteiger partial charge in [0, 0.05) is 12.6 Å². The summed E-state index contributed by atoms with van der Waals surface area (Å²) >= 11 is 0. The Hall–Kier alpha value is -1.49. The van der Waals surface area contributed by atoms with E-state index in [-0.39, 0.29) is 11.9 Å². The largest absolute Gasteiger partial charge is 0.350 e. The zero-order chi connectivity index (χ0) is 9.68. The van der Waals surface area contributed by atoms with Crippen molar-refractivity contribution in [2.45, 2.75) is 13.0 Å². The average Bonchev–Trinajstić information content (AvgIpc) is 2.15. The van der Waals surface area contributed by atoms with Crippen LogP contribution in [0.5, 0.6) is 0 Å². The number of aromatic nitrogens is 2. The Morgan fingerprint density at radius 3 is 3.00 bits per heavy atom. The highest BCUT2D eigenvalue weighted by Crippen LogP contribution is 1.92. The lowest BCUT2D eigenvalue weighted by molar-refractivity contribution is 0.0951. The summed E-state index contributed by atoms with van der Waals surface area (Å²) in [4.78, 5) is 11.3. The lowest BCUT2D eigenvalue weighted by Gasteiger charge is -2.06. The normalized spacial score (nSPS) is 12.2.